The third-order valence-corrected chi connectivity index (χ3v) is 6.03. The molecule has 168 valence electrons. The number of carbonyl (C=O) groups is 1. The van der Waals surface area contributed by atoms with Crippen molar-refractivity contribution >= 4 is 12.0 Å². The molecule has 1 amide bonds. The second kappa shape index (κ2) is 9.61. The van der Waals surface area contributed by atoms with Crippen LogP contribution in [0.15, 0.2) is 53.5 Å². The van der Waals surface area contributed by atoms with Gasteiger partial charge >= 0.3 is 6.09 Å². The van der Waals surface area contributed by atoms with E-state index in [1.807, 2.05) is 48.5 Å². The molecule has 0 spiro atoms. The highest BCUT2D eigenvalue weighted by Gasteiger charge is 2.31. The smallest absolute Gasteiger partial charge is 0.410 e. The third kappa shape index (κ3) is 5.22. The zero-order valence-corrected chi connectivity index (χ0v) is 18.2. The molecule has 2 aromatic carbocycles. The fraction of sp³-hybridized carbons (Fsp3) is 0.440. The first-order valence-corrected chi connectivity index (χ1v) is 11.4. The fourth-order valence-corrected chi connectivity index (χ4v) is 4.03. The molecule has 32 heavy (non-hydrogen) atoms. The van der Waals surface area contributed by atoms with Crippen LogP contribution in [0.4, 0.5) is 4.79 Å². The molecular weight excluding hydrogens is 406 g/mol. The molecule has 1 aliphatic carbocycles. The lowest BCUT2D eigenvalue weighted by Crippen LogP contribution is -2.53. The van der Waals surface area contributed by atoms with E-state index in [1.54, 1.807) is 4.90 Å². The minimum atomic E-state index is -0.262. The van der Waals surface area contributed by atoms with Gasteiger partial charge in [0.2, 0.25) is 0 Å². The quantitative estimate of drug-likeness (QED) is 0.717. The van der Waals surface area contributed by atoms with E-state index in [0.29, 0.717) is 38.8 Å². The SMILES string of the molecule is O=C(OCc1ccccc1)N1CCNC(CCOc2ccc3c(c2)CN=C(C2CC2)O3)C1. The summed E-state index contributed by atoms with van der Waals surface area (Å²) in [6.45, 7) is 3.55. The van der Waals surface area contributed by atoms with Gasteiger partial charge in [0.05, 0.1) is 13.2 Å². The number of aliphatic imine (C=N–C) groups is 1. The number of rotatable bonds is 7. The molecule has 0 radical (unpaired) electrons. The number of amides is 1. The van der Waals surface area contributed by atoms with Crippen molar-refractivity contribution in [3.63, 3.8) is 0 Å². The number of piperazine rings is 1. The molecule has 1 N–H and O–H groups in total. The van der Waals surface area contributed by atoms with Gasteiger partial charge in [0.25, 0.3) is 0 Å². The molecular formula is C25H29N3O4. The lowest BCUT2D eigenvalue weighted by Gasteiger charge is -2.33. The molecule has 1 saturated carbocycles. The van der Waals surface area contributed by atoms with Crippen LogP contribution in [0.1, 0.15) is 30.4 Å². The maximum atomic E-state index is 12.4. The molecule has 1 unspecified atom stereocenters. The Morgan fingerprint density at radius 1 is 1.19 bits per heavy atom. The van der Waals surface area contributed by atoms with E-state index < -0.39 is 0 Å². The number of hydrogen-bond donors (Lipinski definition) is 1. The summed E-state index contributed by atoms with van der Waals surface area (Å²) in [5.74, 6) is 3.14. The van der Waals surface area contributed by atoms with Gasteiger partial charge in [-0.25, -0.2) is 4.79 Å². The Kier molecular flexibility index (Phi) is 6.25. The van der Waals surface area contributed by atoms with Gasteiger partial charge in [0.15, 0.2) is 5.90 Å². The summed E-state index contributed by atoms with van der Waals surface area (Å²) in [6.07, 6.45) is 2.92. The average Bonchev–Trinajstić information content (AvgIpc) is 3.69. The Morgan fingerprint density at radius 2 is 2.06 bits per heavy atom. The van der Waals surface area contributed by atoms with Gasteiger partial charge in [-0.2, -0.15) is 0 Å². The largest absolute Gasteiger partial charge is 0.494 e. The number of hydrogen-bond acceptors (Lipinski definition) is 6. The van der Waals surface area contributed by atoms with Crippen molar-refractivity contribution < 1.29 is 19.0 Å². The van der Waals surface area contributed by atoms with Crippen molar-refractivity contribution in [1.82, 2.24) is 10.2 Å². The monoisotopic (exact) mass is 435 g/mol. The second-order valence-corrected chi connectivity index (χ2v) is 8.57. The van der Waals surface area contributed by atoms with Crippen molar-refractivity contribution in [3.8, 4) is 11.5 Å². The summed E-state index contributed by atoms with van der Waals surface area (Å²) < 4.78 is 17.4. The Hall–Kier alpha value is -3.06. The molecule has 1 saturated heterocycles. The normalized spacial score (nSPS) is 20.1. The van der Waals surface area contributed by atoms with Gasteiger partial charge in [0.1, 0.15) is 18.1 Å². The highest BCUT2D eigenvalue weighted by atomic mass is 16.6. The lowest BCUT2D eigenvalue weighted by molar-refractivity contribution is 0.0827. The number of ether oxygens (including phenoxy) is 3. The Morgan fingerprint density at radius 3 is 2.91 bits per heavy atom. The van der Waals surface area contributed by atoms with Crippen LogP contribution in [-0.4, -0.2) is 49.2 Å². The first-order valence-electron chi connectivity index (χ1n) is 11.4. The predicted molar refractivity (Wildman–Crippen MR) is 121 cm³/mol. The molecule has 3 aliphatic rings. The number of benzene rings is 2. The van der Waals surface area contributed by atoms with Gasteiger partial charge < -0.3 is 24.4 Å². The van der Waals surface area contributed by atoms with E-state index in [0.717, 1.165) is 41.5 Å². The Bertz CT molecular complexity index is 974. The van der Waals surface area contributed by atoms with Crippen LogP contribution in [0, 0.1) is 5.92 Å². The van der Waals surface area contributed by atoms with Crippen molar-refractivity contribution in [2.75, 3.05) is 26.2 Å². The number of fused-ring (bicyclic) bond motifs is 1. The molecule has 7 nitrogen and oxygen atoms in total. The highest BCUT2D eigenvalue weighted by Crippen LogP contribution is 2.36. The van der Waals surface area contributed by atoms with Gasteiger partial charge in [-0.3, -0.25) is 4.99 Å². The maximum Gasteiger partial charge on any atom is 0.410 e. The number of nitrogens with zero attached hydrogens (tertiary/aromatic N) is 2. The molecule has 5 rings (SSSR count). The van der Waals surface area contributed by atoms with Crippen LogP contribution in [0.25, 0.3) is 0 Å². The summed E-state index contributed by atoms with van der Waals surface area (Å²) in [5.41, 5.74) is 2.06. The van der Waals surface area contributed by atoms with E-state index in [4.69, 9.17) is 14.2 Å². The standard InChI is InChI=1S/C25H29N3O4/c29-25(31-17-18-4-2-1-3-5-18)28-12-11-26-21(16-28)10-13-30-22-8-9-23-20(14-22)15-27-24(32-23)19-6-7-19/h1-5,8-9,14,19,21,26H,6-7,10-13,15-17H2. The third-order valence-electron chi connectivity index (χ3n) is 6.03. The van der Waals surface area contributed by atoms with E-state index >= 15 is 0 Å². The molecule has 2 aliphatic heterocycles. The van der Waals surface area contributed by atoms with Crippen molar-refractivity contribution in [3.05, 3.63) is 59.7 Å². The van der Waals surface area contributed by atoms with E-state index in [1.165, 1.54) is 12.8 Å². The number of nitrogens with one attached hydrogen (secondary N) is 1. The second-order valence-electron chi connectivity index (χ2n) is 8.57. The van der Waals surface area contributed by atoms with Crippen LogP contribution in [0.2, 0.25) is 0 Å². The highest BCUT2D eigenvalue weighted by molar-refractivity contribution is 5.84. The maximum absolute atomic E-state index is 12.4. The van der Waals surface area contributed by atoms with Gasteiger partial charge in [-0.15, -0.1) is 0 Å². The van der Waals surface area contributed by atoms with Crippen molar-refractivity contribution in [1.29, 1.82) is 0 Å². The molecule has 7 heteroatoms. The molecule has 2 fully saturated rings. The summed E-state index contributed by atoms with van der Waals surface area (Å²) in [6, 6.07) is 15.9. The van der Waals surface area contributed by atoms with Gasteiger partial charge in [-0.1, -0.05) is 30.3 Å². The zero-order chi connectivity index (χ0) is 21.8. The van der Waals surface area contributed by atoms with Gasteiger partial charge in [0, 0.05) is 37.2 Å². The minimum Gasteiger partial charge on any atom is -0.494 e. The van der Waals surface area contributed by atoms with Crippen LogP contribution in [0.3, 0.4) is 0 Å². The van der Waals surface area contributed by atoms with Crippen molar-refractivity contribution in [2.24, 2.45) is 10.9 Å². The lowest BCUT2D eigenvalue weighted by atomic mass is 10.1. The van der Waals surface area contributed by atoms with Crippen LogP contribution < -0.4 is 14.8 Å². The number of carbonyl (C=O) groups excluding carboxylic acids is 1. The Balaban J connectivity index is 1.06. The zero-order valence-electron chi connectivity index (χ0n) is 18.2. The summed E-state index contributed by atoms with van der Waals surface area (Å²) in [4.78, 5) is 18.8. The molecule has 2 aromatic rings. The first-order chi connectivity index (χ1) is 15.7. The van der Waals surface area contributed by atoms with Crippen LogP contribution in [-0.2, 0) is 17.9 Å². The summed E-state index contributed by atoms with van der Waals surface area (Å²) in [5, 5.41) is 3.47. The molecule has 0 aromatic heterocycles. The van der Waals surface area contributed by atoms with Crippen LogP contribution in [0.5, 0.6) is 11.5 Å². The molecule has 1 atom stereocenters. The molecule has 2 heterocycles. The van der Waals surface area contributed by atoms with E-state index in [2.05, 4.69) is 10.3 Å². The topological polar surface area (TPSA) is 72.4 Å². The van der Waals surface area contributed by atoms with Crippen molar-refractivity contribution in [2.45, 2.75) is 38.5 Å². The average molecular weight is 436 g/mol. The van der Waals surface area contributed by atoms with E-state index in [9.17, 15) is 4.79 Å². The minimum absolute atomic E-state index is 0.180. The van der Waals surface area contributed by atoms with Crippen LogP contribution >= 0.6 is 0 Å². The molecule has 0 bridgehead atoms. The van der Waals surface area contributed by atoms with Gasteiger partial charge in [-0.05, 0) is 43.0 Å². The first kappa shape index (κ1) is 20.8. The fourth-order valence-electron chi connectivity index (χ4n) is 4.03. The van der Waals surface area contributed by atoms with E-state index in [-0.39, 0.29) is 12.1 Å². The predicted octanol–water partition coefficient (Wildman–Crippen LogP) is 3.77. The summed E-state index contributed by atoms with van der Waals surface area (Å²) >= 11 is 0. The summed E-state index contributed by atoms with van der Waals surface area (Å²) in [7, 11) is 0. The Labute approximate surface area is 188 Å².